The van der Waals surface area contributed by atoms with Crippen LogP contribution in [0.3, 0.4) is 0 Å². The molecule has 4 rings (SSSR count). The first-order chi connectivity index (χ1) is 15.5. The van der Waals surface area contributed by atoms with Crippen molar-refractivity contribution in [1.82, 2.24) is 35.1 Å². The van der Waals surface area contributed by atoms with Gasteiger partial charge < -0.3 is 24.8 Å². The van der Waals surface area contributed by atoms with Crippen LogP contribution in [-0.4, -0.2) is 62.1 Å². The van der Waals surface area contributed by atoms with Gasteiger partial charge >= 0.3 is 6.03 Å². The highest BCUT2D eigenvalue weighted by Crippen LogP contribution is 2.40. The summed E-state index contributed by atoms with van der Waals surface area (Å²) in [6.07, 6.45) is 9.53. The van der Waals surface area contributed by atoms with Gasteiger partial charge in [0.25, 0.3) is 5.91 Å². The standard InChI is InChI=1S/C22H31N7O3/c1-3-4-7-24-21(31)28-9-5-22(6-10-28)20-23-8-11-29(20)15-18(32-22)19(30)27-14-17-13-25-16(2)12-26-17/h8,11-13,18H,3-7,9-10,14-15H2,1-2H3,(H,24,31)(H,27,30)/t18-/m0/s1. The molecule has 10 heteroatoms. The van der Waals surface area contributed by atoms with Gasteiger partial charge in [-0.15, -0.1) is 0 Å². The van der Waals surface area contributed by atoms with Crippen LogP contribution < -0.4 is 10.6 Å². The maximum absolute atomic E-state index is 12.9. The number of fused-ring (bicyclic) bond motifs is 2. The minimum atomic E-state index is -0.673. The number of hydrogen-bond donors (Lipinski definition) is 2. The predicted molar refractivity (Wildman–Crippen MR) is 117 cm³/mol. The zero-order valence-corrected chi connectivity index (χ0v) is 18.7. The lowest BCUT2D eigenvalue weighted by Gasteiger charge is -2.45. The van der Waals surface area contributed by atoms with E-state index in [0.29, 0.717) is 51.3 Å². The molecule has 0 aliphatic carbocycles. The lowest BCUT2D eigenvalue weighted by atomic mass is 9.88. The molecule has 0 bridgehead atoms. The fourth-order valence-corrected chi connectivity index (χ4v) is 4.23. The highest BCUT2D eigenvalue weighted by atomic mass is 16.5. The number of likely N-dealkylation sites (tertiary alicyclic amines) is 1. The van der Waals surface area contributed by atoms with E-state index in [9.17, 15) is 9.59 Å². The number of rotatable bonds is 6. The van der Waals surface area contributed by atoms with Gasteiger partial charge in [-0.2, -0.15) is 0 Å². The molecular formula is C22H31N7O3. The van der Waals surface area contributed by atoms with E-state index in [0.717, 1.165) is 24.4 Å². The van der Waals surface area contributed by atoms with E-state index in [1.54, 1.807) is 18.6 Å². The maximum atomic E-state index is 12.9. The molecule has 1 spiro atoms. The van der Waals surface area contributed by atoms with E-state index in [1.807, 2.05) is 22.6 Å². The molecule has 2 aliphatic rings. The second kappa shape index (κ2) is 9.64. The minimum Gasteiger partial charge on any atom is -0.352 e. The van der Waals surface area contributed by atoms with Gasteiger partial charge in [0.2, 0.25) is 0 Å². The summed E-state index contributed by atoms with van der Waals surface area (Å²) in [4.78, 5) is 40.2. The number of nitrogens with one attached hydrogen (secondary N) is 2. The number of imidazole rings is 1. The highest BCUT2D eigenvalue weighted by Gasteiger charge is 2.47. The number of aromatic nitrogens is 4. The van der Waals surface area contributed by atoms with Crippen LogP contribution in [0.5, 0.6) is 0 Å². The molecule has 2 N–H and O–H groups in total. The summed E-state index contributed by atoms with van der Waals surface area (Å²) < 4.78 is 8.40. The molecule has 0 radical (unpaired) electrons. The predicted octanol–water partition coefficient (Wildman–Crippen LogP) is 1.50. The first-order valence-electron chi connectivity index (χ1n) is 11.3. The van der Waals surface area contributed by atoms with E-state index in [1.165, 1.54) is 0 Å². The maximum Gasteiger partial charge on any atom is 0.317 e. The normalized spacial score (nSPS) is 19.4. The van der Waals surface area contributed by atoms with Crippen LogP contribution in [0.2, 0.25) is 0 Å². The van der Waals surface area contributed by atoms with Crippen molar-refractivity contribution in [2.24, 2.45) is 0 Å². The zero-order chi connectivity index (χ0) is 22.6. The summed E-state index contributed by atoms with van der Waals surface area (Å²) in [5.74, 6) is 0.642. The first kappa shape index (κ1) is 22.2. The lowest BCUT2D eigenvalue weighted by Crippen LogP contribution is -2.55. The fourth-order valence-electron chi connectivity index (χ4n) is 4.23. The van der Waals surface area contributed by atoms with Crippen molar-refractivity contribution in [3.63, 3.8) is 0 Å². The minimum absolute atomic E-state index is 0.0408. The first-order valence-corrected chi connectivity index (χ1v) is 11.3. The lowest BCUT2D eigenvalue weighted by molar-refractivity contribution is -0.172. The number of unbranched alkanes of at least 4 members (excludes halogenated alkanes) is 1. The largest absolute Gasteiger partial charge is 0.352 e. The number of carbonyl (C=O) groups excluding carboxylic acids is 2. The van der Waals surface area contributed by atoms with Crippen molar-refractivity contribution in [2.45, 2.75) is 64.3 Å². The smallest absolute Gasteiger partial charge is 0.317 e. The summed E-state index contributed by atoms with van der Waals surface area (Å²) >= 11 is 0. The molecule has 0 aromatic carbocycles. The van der Waals surface area contributed by atoms with Crippen molar-refractivity contribution in [1.29, 1.82) is 0 Å². The van der Waals surface area contributed by atoms with Crippen molar-refractivity contribution in [3.05, 3.63) is 42.0 Å². The molecule has 0 unspecified atom stereocenters. The molecule has 0 saturated carbocycles. The summed E-state index contributed by atoms with van der Waals surface area (Å²) in [6, 6.07) is -0.0408. The third-order valence-electron chi connectivity index (χ3n) is 6.09. The third-order valence-corrected chi connectivity index (χ3v) is 6.09. The highest BCUT2D eigenvalue weighted by molar-refractivity contribution is 5.81. The van der Waals surface area contributed by atoms with Crippen molar-refractivity contribution >= 4 is 11.9 Å². The molecule has 4 heterocycles. The molecule has 2 aromatic rings. The topological polar surface area (TPSA) is 114 Å². The monoisotopic (exact) mass is 441 g/mol. The van der Waals surface area contributed by atoms with E-state index in [4.69, 9.17) is 4.74 Å². The van der Waals surface area contributed by atoms with Gasteiger partial charge in [-0.3, -0.25) is 14.8 Å². The number of urea groups is 1. The number of ether oxygens (including phenoxy) is 1. The van der Waals surface area contributed by atoms with Gasteiger partial charge in [0.15, 0.2) is 6.10 Å². The summed E-state index contributed by atoms with van der Waals surface area (Å²) in [7, 11) is 0. The van der Waals surface area contributed by atoms with Crippen molar-refractivity contribution in [2.75, 3.05) is 19.6 Å². The number of piperidine rings is 1. The molecule has 1 fully saturated rings. The number of aryl methyl sites for hydroxylation is 1. The molecule has 2 aliphatic heterocycles. The van der Waals surface area contributed by atoms with Gasteiger partial charge in [-0.05, 0) is 13.3 Å². The van der Waals surface area contributed by atoms with Crippen LogP contribution in [0.4, 0.5) is 4.79 Å². The zero-order valence-electron chi connectivity index (χ0n) is 18.7. The van der Waals surface area contributed by atoms with Crippen molar-refractivity contribution < 1.29 is 14.3 Å². The fraction of sp³-hybridized carbons (Fsp3) is 0.591. The number of hydrogen-bond acceptors (Lipinski definition) is 6. The Labute approximate surface area is 187 Å². The summed E-state index contributed by atoms with van der Waals surface area (Å²) in [6.45, 7) is 6.46. The molecule has 1 atom stereocenters. The number of amides is 3. The number of nitrogens with zero attached hydrogens (tertiary/aromatic N) is 5. The van der Waals surface area contributed by atoms with E-state index >= 15 is 0 Å². The molecule has 172 valence electrons. The Bertz CT molecular complexity index is 935. The Kier molecular flexibility index (Phi) is 6.69. The Morgan fingerprint density at radius 2 is 2.00 bits per heavy atom. The van der Waals surface area contributed by atoms with E-state index in [-0.39, 0.29) is 11.9 Å². The van der Waals surface area contributed by atoms with Gasteiger partial charge in [-0.25, -0.2) is 9.78 Å². The van der Waals surface area contributed by atoms with E-state index in [2.05, 4.69) is 32.5 Å². The Balaban J connectivity index is 1.39. The summed E-state index contributed by atoms with van der Waals surface area (Å²) in [5, 5.41) is 5.89. The molecule has 3 amide bonds. The van der Waals surface area contributed by atoms with Crippen LogP contribution in [-0.2, 0) is 28.2 Å². The third kappa shape index (κ3) is 4.74. The van der Waals surface area contributed by atoms with Gasteiger partial charge in [0.1, 0.15) is 11.4 Å². The average Bonchev–Trinajstić information content (AvgIpc) is 3.29. The molecule has 10 nitrogen and oxygen atoms in total. The Morgan fingerprint density at radius 1 is 1.19 bits per heavy atom. The molecule has 1 saturated heterocycles. The average molecular weight is 442 g/mol. The summed E-state index contributed by atoms with van der Waals surface area (Å²) in [5.41, 5.74) is 0.851. The van der Waals surface area contributed by atoms with Gasteiger partial charge in [-0.1, -0.05) is 13.3 Å². The van der Waals surface area contributed by atoms with Gasteiger partial charge in [0, 0.05) is 51.1 Å². The van der Waals surface area contributed by atoms with Crippen LogP contribution in [0.1, 0.15) is 49.8 Å². The Hall–Kier alpha value is -3.01. The Morgan fingerprint density at radius 3 is 2.72 bits per heavy atom. The van der Waals surface area contributed by atoms with Crippen LogP contribution >= 0.6 is 0 Å². The van der Waals surface area contributed by atoms with Crippen LogP contribution in [0.25, 0.3) is 0 Å². The quantitative estimate of drug-likeness (QED) is 0.657. The second-order valence-corrected chi connectivity index (χ2v) is 8.44. The second-order valence-electron chi connectivity index (χ2n) is 8.44. The SMILES string of the molecule is CCCCNC(=O)N1CCC2(CC1)O[C@H](C(=O)NCc1cnc(C)cn1)Cn1ccnc12. The number of carbonyl (C=O) groups is 2. The van der Waals surface area contributed by atoms with Crippen LogP contribution in [0, 0.1) is 6.92 Å². The molecule has 2 aromatic heterocycles. The van der Waals surface area contributed by atoms with Crippen LogP contribution in [0.15, 0.2) is 24.8 Å². The molecular weight excluding hydrogens is 410 g/mol. The van der Waals surface area contributed by atoms with Gasteiger partial charge in [0.05, 0.1) is 30.7 Å². The molecule has 32 heavy (non-hydrogen) atoms. The van der Waals surface area contributed by atoms with E-state index < -0.39 is 11.7 Å². The van der Waals surface area contributed by atoms with Crippen molar-refractivity contribution in [3.8, 4) is 0 Å².